The first-order valence-electron chi connectivity index (χ1n) is 6.04. The zero-order valence-electron chi connectivity index (χ0n) is 10.6. The van der Waals surface area contributed by atoms with Crippen molar-refractivity contribution < 1.29 is 0 Å². The molecule has 0 amide bonds. The highest BCUT2D eigenvalue weighted by molar-refractivity contribution is 5.82. The van der Waals surface area contributed by atoms with Gasteiger partial charge < -0.3 is 15.3 Å². The zero-order chi connectivity index (χ0) is 13.4. The molecule has 0 fully saturated rings. The van der Waals surface area contributed by atoms with E-state index in [4.69, 9.17) is 5.73 Å². The first-order valence-corrected chi connectivity index (χ1v) is 6.04. The first kappa shape index (κ1) is 11.7. The fourth-order valence-electron chi connectivity index (χ4n) is 2.09. The van der Waals surface area contributed by atoms with Gasteiger partial charge in [-0.3, -0.25) is 4.79 Å². The summed E-state index contributed by atoms with van der Waals surface area (Å²) in [6, 6.07) is 9.28. The number of imidazole rings is 1. The molecule has 0 bridgehead atoms. The van der Waals surface area contributed by atoms with Crippen LogP contribution in [0, 0.1) is 0 Å². The summed E-state index contributed by atoms with van der Waals surface area (Å²) in [7, 11) is 1.72. The molecular weight excluding hydrogens is 240 g/mol. The lowest BCUT2D eigenvalue weighted by atomic mass is 10.2. The molecule has 0 aliphatic rings. The standard InChI is InChI=1S/C14H14N4O/c1-18-6-5-9(7-12(18)19)14-16-11-4-2-3-10(8-15)13(11)17-14/h2-7H,8,15H2,1H3,(H,16,17). The van der Waals surface area contributed by atoms with Crippen molar-refractivity contribution in [1.29, 1.82) is 0 Å². The monoisotopic (exact) mass is 254 g/mol. The van der Waals surface area contributed by atoms with Gasteiger partial charge in [0, 0.05) is 31.4 Å². The van der Waals surface area contributed by atoms with Crippen LogP contribution in [-0.4, -0.2) is 14.5 Å². The highest BCUT2D eigenvalue weighted by Gasteiger charge is 2.08. The molecule has 1 aromatic carbocycles. The number of pyridine rings is 1. The third kappa shape index (κ3) is 1.94. The quantitative estimate of drug-likeness (QED) is 0.725. The minimum absolute atomic E-state index is 0.0583. The van der Waals surface area contributed by atoms with E-state index < -0.39 is 0 Å². The lowest BCUT2D eigenvalue weighted by molar-refractivity contribution is 0.860. The van der Waals surface area contributed by atoms with Crippen LogP contribution in [0.25, 0.3) is 22.4 Å². The highest BCUT2D eigenvalue weighted by Crippen LogP contribution is 2.21. The Morgan fingerprint density at radius 3 is 2.95 bits per heavy atom. The van der Waals surface area contributed by atoms with Crippen molar-refractivity contribution in [2.24, 2.45) is 12.8 Å². The molecule has 0 saturated heterocycles. The molecule has 0 spiro atoms. The van der Waals surface area contributed by atoms with E-state index in [-0.39, 0.29) is 5.56 Å². The second kappa shape index (κ2) is 4.37. The van der Waals surface area contributed by atoms with E-state index in [0.29, 0.717) is 12.4 Å². The van der Waals surface area contributed by atoms with Crippen molar-refractivity contribution in [2.45, 2.75) is 6.54 Å². The molecular formula is C14H14N4O. The van der Waals surface area contributed by atoms with Gasteiger partial charge in [0.05, 0.1) is 11.0 Å². The summed E-state index contributed by atoms with van der Waals surface area (Å²) in [5.74, 6) is 0.689. The van der Waals surface area contributed by atoms with E-state index in [0.717, 1.165) is 22.2 Å². The molecule has 5 heteroatoms. The molecule has 3 aromatic rings. The van der Waals surface area contributed by atoms with Gasteiger partial charge in [-0.1, -0.05) is 12.1 Å². The van der Waals surface area contributed by atoms with Gasteiger partial charge >= 0.3 is 0 Å². The number of benzene rings is 1. The number of para-hydroxylation sites is 1. The number of aromatic nitrogens is 3. The van der Waals surface area contributed by atoms with Crippen LogP contribution in [0.5, 0.6) is 0 Å². The average molecular weight is 254 g/mol. The Hall–Kier alpha value is -2.40. The minimum Gasteiger partial charge on any atom is -0.338 e. The van der Waals surface area contributed by atoms with Crippen LogP contribution < -0.4 is 11.3 Å². The lowest BCUT2D eigenvalue weighted by Crippen LogP contribution is -2.14. The fourth-order valence-corrected chi connectivity index (χ4v) is 2.09. The molecule has 0 aliphatic carbocycles. The predicted octanol–water partition coefficient (Wildman–Crippen LogP) is 1.39. The number of fused-ring (bicyclic) bond motifs is 1. The van der Waals surface area contributed by atoms with Crippen LogP contribution >= 0.6 is 0 Å². The van der Waals surface area contributed by atoms with Crippen molar-refractivity contribution in [3.8, 4) is 11.4 Å². The summed E-state index contributed by atoms with van der Waals surface area (Å²) in [5, 5.41) is 0. The number of aromatic amines is 1. The smallest absolute Gasteiger partial charge is 0.250 e. The van der Waals surface area contributed by atoms with Crippen molar-refractivity contribution in [1.82, 2.24) is 14.5 Å². The summed E-state index contributed by atoms with van der Waals surface area (Å²) >= 11 is 0. The number of hydrogen-bond acceptors (Lipinski definition) is 3. The Bertz CT molecular complexity index is 801. The van der Waals surface area contributed by atoms with Gasteiger partial charge in [-0.25, -0.2) is 4.98 Å². The fraction of sp³-hybridized carbons (Fsp3) is 0.143. The topological polar surface area (TPSA) is 76.7 Å². The van der Waals surface area contributed by atoms with Crippen LogP contribution in [0.1, 0.15) is 5.56 Å². The number of nitrogens with zero attached hydrogens (tertiary/aromatic N) is 2. The molecule has 0 unspecified atom stereocenters. The van der Waals surface area contributed by atoms with Gasteiger partial charge in [0.1, 0.15) is 5.82 Å². The molecule has 2 aromatic heterocycles. The molecule has 0 radical (unpaired) electrons. The number of aryl methyl sites for hydroxylation is 1. The van der Waals surface area contributed by atoms with Crippen molar-refractivity contribution in [2.75, 3.05) is 0 Å². The summed E-state index contributed by atoms with van der Waals surface area (Å²) < 4.78 is 1.53. The van der Waals surface area contributed by atoms with Gasteiger partial charge in [0.25, 0.3) is 5.56 Å². The molecule has 3 N–H and O–H groups in total. The molecule has 0 aliphatic heterocycles. The van der Waals surface area contributed by atoms with E-state index >= 15 is 0 Å². The number of hydrogen-bond donors (Lipinski definition) is 2. The normalized spacial score (nSPS) is 11.1. The van der Waals surface area contributed by atoms with E-state index in [1.807, 2.05) is 24.3 Å². The van der Waals surface area contributed by atoms with Crippen LogP contribution in [0.3, 0.4) is 0 Å². The second-order valence-electron chi connectivity index (χ2n) is 4.47. The average Bonchev–Trinajstić information content (AvgIpc) is 2.85. The van der Waals surface area contributed by atoms with Gasteiger partial charge in [0.15, 0.2) is 0 Å². The van der Waals surface area contributed by atoms with Crippen LogP contribution in [0.4, 0.5) is 0 Å². The maximum Gasteiger partial charge on any atom is 0.250 e. The third-order valence-electron chi connectivity index (χ3n) is 3.19. The summed E-state index contributed by atoms with van der Waals surface area (Å²) in [6.07, 6.45) is 1.73. The Labute approximate surface area is 109 Å². The van der Waals surface area contributed by atoms with Gasteiger partial charge in [-0.15, -0.1) is 0 Å². The maximum atomic E-state index is 11.7. The molecule has 19 heavy (non-hydrogen) atoms. The van der Waals surface area contributed by atoms with Crippen molar-refractivity contribution in [3.05, 3.63) is 52.4 Å². The Kier molecular flexibility index (Phi) is 2.68. The summed E-state index contributed by atoms with van der Waals surface area (Å²) in [5.41, 5.74) is 9.20. The Morgan fingerprint density at radius 2 is 2.21 bits per heavy atom. The summed E-state index contributed by atoms with van der Waals surface area (Å²) in [6.45, 7) is 0.443. The SMILES string of the molecule is Cn1ccc(-c2nc3c(CN)cccc3[nH]2)cc1=O. The van der Waals surface area contributed by atoms with Gasteiger partial charge in [0.2, 0.25) is 0 Å². The van der Waals surface area contributed by atoms with Crippen molar-refractivity contribution >= 4 is 11.0 Å². The first-order chi connectivity index (χ1) is 9.19. The predicted molar refractivity (Wildman–Crippen MR) is 74.7 cm³/mol. The number of nitrogens with two attached hydrogens (primary N) is 1. The molecule has 3 rings (SSSR count). The lowest BCUT2D eigenvalue weighted by Gasteiger charge is -1.98. The third-order valence-corrected chi connectivity index (χ3v) is 3.19. The molecule has 0 saturated carbocycles. The Morgan fingerprint density at radius 1 is 1.37 bits per heavy atom. The largest absolute Gasteiger partial charge is 0.338 e. The molecule has 2 heterocycles. The van der Waals surface area contributed by atoms with E-state index in [9.17, 15) is 4.79 Å². The maximum absolute atomic E-state index is 11.7. The second-order valence-corrected chi connectivity index (χ2v) is 4.47. The van der Waals surface area contributed by atoms with E-state index in [1.165, 1.54) is 4.57 Å². The molecule has 5 nitrogen and oxygen atoms in total. The number of rotatable bonds is 2. The van der Waals surface area contributed by atoms with E-state index in [2.05, 4.69) is 9.97 Å². The molecule has 0 atom stereocenters. The summed E-state index contributed by atoms with van der Waals surface area (Å²) in [4.78, 5) is 19.4. The zero-order valence-corrected chi connectivity index (χ0v) is 10.6. The van der Waals surface area contributed by atoms with Crippen LogP contribution in [0.15, 0.2) is 41.3 Å². The van der Waals surface area contributed by atoms with Crippen LogP contribution in [-0.2, 0) is 13.6 Å². The van der Waals surface area contributed by atoms with Crippen LogP contribution in [0.2, 0.25) is 0 Å². The minimum atomic E-state index is -0.0583. The molecule has 96 valence electrons. The Balaban J connectivity index is 2.20. The van der Waals surface area contributed by atoms with Gasteiger partial charge in [-0.05, 0) is 17.7 Å². The van der Waals surface area contributed by atoms with Crippen molar-refractivity contribution in [3.63, 3.8) is 0 Å². The van der Waals surface area contributed by atoms with Gasteiger partial charge in [-0.2, -0.15) is 0 Å². The highest BCUT2D eigenvalue weighted by atomic mass is 16.1. The number of H-pyrrole nitrogens is 1. The number of nitrogens with one attached hydrogen (secondary N) is 1. The van der Waals surface area contributed by atoms with E-state index in [1.54, 1.807) is 19.3 Å².